The van der Waals surface area contributed by atoms with E-state index in [1.54, 1.807) is 7.11 Å². The second-order valence-electron chi connectivity index (χ2n) is 7.10. The van der Waals surface area contributed by atoms with Gasteiger partial charge in [-0.15, -0.1) is 0 Å². The Labute approximate surface area is 154 Å². The van der Waals surface area contributed by atoms with Gasteiger partial charge in [0.05, 0.1) is 12.5 Å². The van der Waals surface area contributed by atoms with Gasteiger partial charge in [0.25, 0.3) is 0 Å². The fourth-order valence-electron chi connectivity index (χ4n) is 3.26. The first-order valence-corrected chi connectivity index (χ1v) is 9.44. The molecule has 0 aromatic heterocycles. The lowest BCUT2D eigenvalue weighted by Gasteiger charge is -2.32. The molecule has 1 atom stereocenters. The average molecular weight is 360 g/mol. The fraction of sp³-hybridized carbons (Fsp3) is 0.600. The van der Waals surface area contributed by atoms with Crippen molar-refractivity contribution in [2.24, 2.45) is 11.8 Å². The van der Waals surface area contributed by atoms with Crippen LogP contribution in [-0.2, 0) is 20.9 Å². The number of benzene rings is 1. The molecule has 1 aliphatic heterocycles. The highest BCUT2D eigenvalue weighted by molar-refractivity contribution is 5.83. The van der Waals surface area contributed by atoms with Gasteiger partial charge in [0.15, 0.2) is 0 Å². The highest BCUT2D eigenvalue weighted by Crippen LogP contribution is 2.32. The van der Waals surface area contributed by atoms with Gasteiger partial charge in [-0.2, -0.15) is 0 Å². The van der Waals surface area contributed by atoms with Gasteiger partial charge in [-0.1, -0.05) is 12.1 Å². The van der Waals surface area contributed by atoms with Crippen LogP contribution in [0.2, 0.25) is 0 Å². The Morgan fingerprint density at radius 1 is 1.12 bits per heavy atom. The zero-order valence-electron chi connectivity index (χ0n) is 15.4. The molecule has 26 heavy (non-hydrogen) atoms. The average Bonchev–Trinajstić information content (AvgIpc) is 3.52. The minimum atomic E-state index is -0.0944. The lowest BCUT2D eigenvalue weighted by Crippen LogP contribution is -2.45. The summed E-state index contributed by atoms with van der Waals surface area (Å²) < 4.78 is 10.5. The van der Waals surface area contributed by atoms with Gasteiger partial charge in [0.2, 0.25) is 11.8 Å². The monoisotopic (exact) mass is 360 g/mol. The molecule has 142 valence electrons. The predicted octanol–water partition coefficient (Wildman–Crippen LogP) is 1.98. The van der Waals surface area contributed by atoms with Crippen molar-refractivity contribution < 1.29 is 19.1 Å². The van der Waals surface area contributed by atoms with Crippen LogP contribution in [0.25, 0.3) is 0 Å². The van der Waals surface area contributed by atoms with E-state index in [4.69, 9.17) is 9.47 Å². The fourth-order valence-corrected chi connectivity index (χ4v) is 3.26. The summed E-state index contributed by atoms with van der Waals surface area (Å²) in [5, 5.41) is 3.01. The van der Waals surface area contributed by atoms with Gasteiger partial charge in [-0.25, -0.2) is 0 Å². The number of likely N-dealkylation sites (tertiary alicyclic amines) is 1. The van der Waals surface area contributed by atoms with E-state index in [1.807, 2.05) is 29.2 Å². The lowest BCUT2D eigenvalue weighted by atomic mass is 9.96. The Morgan fingerprint density at radius 3 is 2.58 bits per heavy atom. The first kappa shape index (κ1) is 18.7. The number of hydrogen-bond donors (Lipinski definition) is 1. The van der Waals surface area contributed by atoms with Crippen LogP contribution in [0.3, 0.4) is 0 Å². The van der Waals surface area contributed by atoms with Crippen LogP contribution < -0.4 is 10.1 Å². The summed E-state index contributed by atoms with van der Waals surface area (Å²) in [5.41, 5.74) is 1.03. The van der Waals surface area contributed by atoms with E-state index >= 15 is 0 Å². The standard InChI is InChI=1S/C20H28N2O4/c1-25-11-12-26-18-8-4-15(5-9-18)13-21-19(23)17-3-2-10-22(14-17)20(24)16-6-7-16/h4-5,8-9,16-17H,2-3,6-7,10-14H2,1H3,(H,21,23). The van der Waals surface area contributed by atoms with Gasteiger partial charge >= 0.3 is 0 Å². The van der Waals surface area contributed by atoms with Gasteiger partial charge in [0.1, 0.15) is 12.4 Å². The Morgan fingerprint density at radius 2 is 1.88 bits per heavy atom. The Kier molecular flexibility index (Phi) is 6.50. The molecule has 1 N–H and O–H groups in total. The number of ether oxygens (including phenoxy) is 2. The number of amides is 2. The topological polar surface area (TPSA) is 67.9 Å². The second-order valence-corrected chi connectivity index (χ2v) is 7.10. The summed E-state index contributed by atoms with van der Waals surface area (Å²) in [6, 6.07) is 7.69. The van der Waals surface area contributed by atoms with E-state index in [2.05, 4.69) is 5.32 Å². The number of piperidine rings is 1. The number of rotatable bonds is 8. The van der Waals surface area contributed by atoms with Crippen LogP contribution >= 0.6 is 0 Å². The van der Waals surface area contributed by atoms with E-state index < -0.39 is 0 Å². The van der Waals surface area contributed by atoms with Crippen LogP contribution in [0.4, 0.5) is 0 Å². The van der Waals surface area contributed by atoms with E-state index in [0.29, 0.717) is 26.3 Å². The Hall–Kier alpha value is -2.08. The summed E-state index contributed by atoms with van der Waals surface area (Å²) in [4.78, 5) is 26.6. The molecule has 2 aliphatic rings. The molecule has 1 saturated carbocycles. The third-order valence-electron chi connectivity index (χ3n) is 4.98. The molecule has 1 aromatic carbocycles. The zero-order valence-corrected chi connectivity index (χ0v) is 15.4. The van der Waals surface area contributed by atoms with Crippen molar-refractivity contribution in [1.82, 2.24) is 10.2 Å². The maximum absolute atomic E-state index is 12.5. The van der Waals surface area contributed by atoms with Crippen LogP contribution in [0.1, 0.15) is 31.2 Å². The van der Waals surface area contributed by atoms with E-state index in [0.717, 1.165) is 43.5 Å². The summed E-state index contributed by atoms with van der Waals surface area (Å²) >= 11 is 0. The number of carbonyl (C=O) groups excluding carboxylic acids is 2. The zero-order chi connectivity index (χ0) is 18.4. The normalized spacial score (nSPS) is 19.9. The first-order valence-electron chi connectivity index (χ1n) is 9.44. The van der Waals surface area contributed by atoms with Crippen LogP contribution in [0.5, 0.6) is 5.75 Å². The molecule has 6 nitrogen and oxygen atoms in total. The minimum absolute atomic E-state index is 0.0405. The molecule has 1 aromatic rings. The highest BCUT2D eigenvalue weighted by atomic mass is 16.5. The molecule has 3 rings (SSSR count). The summed E-state index contributed by atoms with van der Waals surface area (Å²) in [6.07, 6.45) is 3.78. The number of carbonyl (C=O) groups is 2. The summed E-state index contributed by atoms with van der Waals surface area (Å²) in [5.74, 6) is 1.20. The quantitative estimate of drug-likeness (QED) is 0.720. The molecular weight excluding hydrogens is 332 g/mol. The smallest absolute Gasteiger partial charge is 0.225 e. The maximum atomic E-state index is 12.5. The van der Waals surface area contributed by atoms with E-state index in [1.165, 1.54) is 0 Å². The first-order chi connectivity index (χ1) is 12.7. The summed E-state index contributed by atoms with van der Waals surface area (Å²) in [6.45, 7) is 2.92. The lowest BCUT2D eigenvalue weighted by molar-refractivity contribution is -0.136. The molecule has 2 amide bonds. The second kappa shape index (κ2) is 9.03. The van der Waals surface area contributed by atoms with Crippen molar-refractivity contribution in [3.05, 3.63) is 29.8 Å². The summed E-state index contributed by atoms with van der Waals surface area (Å²) in [7, 11) is 1.64. The number of hydrogen-bond acceptors (Lipinski definition) is 4. The predicted molar refractivity (Wildman–Crippen MR) is 97.7 cm³/mol. The van der Waals surface area contributed by atoms with Crippen LogP contribution in [0, 0.1) is 11.8 Å². The van der Waals surface area contributed by atoms with Crippen molar-refractivity contribution in [3.8, 4) is 5.75 Å². The number of methoxy groups -OCH3 is 1. The maximum Gasteiger partial charge on any atom is 0.225 e. The van der Waals surface area contributed by atoms with Crippen LogP contribution in [0.15, 0.2) is 24.3 Å². The largest absolute Gasteiger partial charge is 0.491 e. The van der Waals surface area contributed by atoms with E-state index in [9.17, 15) is 9.59 Å². The molecule has 0 bridgehead atoms. The number of nitrogens with zero attached hydrogens (tertiary/aromatic N) is 1. The molecule has 0 spiro atoms. The molecule has 1 aliphatic carbocycles. The molecule has 1 unspecified atom stereocenters. The van der Waals surface area contributed by atoms with Crippen LogP contribution in [-0.4, -0.2) is 50.1 Å². The van der Waals surface area contributed by atoms with Gasteiger partial charge < -0.3 is 19.7 Å². The Balaban J connectivity index is 1.43. The molecule has 2 fully saturated rings. The van der Waals surface area contributed by atoms with Crippen molar-refractivity contribution >= 4 is 11.8 Å². The minimum Gasteiger partial charge on any atom is -0.491 e. The van der Waals surface area contributed by atoms with Crippen molar-refractivity contribution in [1.29, 1.82) is 0 Å². The van der Waals surface area contributed by atoms with Gasteiger partial charge in [-0.05, 0) is 43.4 Å². The Bertz CT molecular complexity index is 613. The molecule has 1 saturated heterocycles. The van der Waals surface area contributed by atoms with Crippen molar-refractivity contribution in [3.63, 3.8) is 0 Å². The third-order valence-corrected chi connectivity index (χ3v) is 4.98. The number of nitrogens with one attached hydrogen (secondary N) is 1. The van der Waals surface area contributed by atoms with Gasteiger partial charge in [-0.3, -0.25) is 9.59 Å². The van der Waals surface area contributed by atoms with Crippen molar-refractivity contribution in [2.45, 2.75) is 32.2 Å². The third kappa shape index (κ3) is 5.21. The molecule has 1 heterocycles. The van der Waals surface area contributed by atoms with Crippen molar-refractivity contribution in [2.75, 3.05) is 33.4 Å². The SMILES string of the molecule is COCCOc1ccc(CNC(=O)C2CCCN(C(=O)C3CC3)C2)cc1. The molecule has 6 heteroatoms. The van der Waals surface area contributed by atoms with E-state index in [-0.39, 0.29) is 23.7 Å². The highest BCUT2D eigenvalue weighted by Gasteiger charge is 2.36. The molecular formula is C20H28N2O4. The molecule has 0 radical (unpaired) electrons. The van der Waals surface area contributed by atoms with Gasteiger partial charge in [0, 0.05) is 32.7 Å².